The van der Waals surface area contributed by atoms with Crippen molar-refractivity contribution in [3.05, 3.63) is 59.0 Å². The van der Waals surface area contributed by atoms with Crippen LogP contribution in [0.15, 0.2) is 57.1 Å². The third-order valence-corrected chi connectivity index (χ3v) is 6.19. The predicted molar refractivity (Wildman–Crippen MR) is 120 cm³/mol. The van der Waals surface area contributed by atoms with Crippen molar-refractivity contribution in [2.45, 2.75) is 72.8 Å². The second-order valence-electron chi connectivity index (χ2n) is 8.73. The molecule has 0 aliphatic carbocycles. The number of benzene rings is 1. The third kappa shape index (κ3) is 3.67. The lowest BCUT2D eigenvalue weighted by atomic mass is 9.78. The second-order valence-corrected chi connectivity index (χ2v) is 8.73. The van der Waals surface area contributed by atoms with E-state index >= 15 is 0 Å². The van der Waals surface area contributed by atoms with Gasteiger partial charge in [0.2, 0.25) is 0 Å². The molecule has 0 saturated heterocycles. The molecular weight excluding hydrogens is 344 g/mol. The van der Waals surface area contributed by atoms with Crippen molar-refractivity contribution in [3.8, 4) is 0 Å². The van der Waals surface area contributed by atoms with Crippen molar-refractivity contribution in [1.29, 1.82) is 0 Å². The van der Waals surface area contributed by atoms with Crippen LogP contribution in [0, 0.1) is 5.92 Å². The van der Waals surface area contributed by atoms with Gasteiger partial charge in [0.05, 0.1) is 11.6 Å². The van der Waals surface area contributed by atoms with Crippen molar-refractivity contribution in [3.63, 3.8) is 0 Å². The molecule has 3 nitrogen and oxygen atoms in total. The van der Waals surface area contributed by atoms with E-state index in [1.165, 1.54) is 11.3 Å². The SMILES string of the molecule is C/C=C\CC/C(NC1=N[C@H](C)C(C)(C)c2oc3ccccc3c21)=C(\C)C(C)C. The van der Waals surface area contributed by atoms with Gasteiger partial charge >= 0.3 is 0 Å². The fourth-order valence-corrected chi connectivity index (χ4v) is 3.68. The number of para-hydroxylation sites is 1. The van der Waals surface area contributed by atoms with E-state index in [1.54, 1.807) is 0 Å². The van der Waals surface area contributed by atoms with Crippen molar-refractivity contribution in [2.24, 2.45) is 10.9 Å². The Morgan fingerprint density at radius 2 is 2.00 bits per heavy atom. The Morgan fingerprint density at radius 1 is 1.29 bits per heavy atom. The van der Waals surface area contributed by atoms with Crippen LogP contribution >= 0.6 is 0 Å². The van der Waals surface area contributed by atoms with Crippen molar-refractivity contribution >= 4 is 16.8 Å². The molecule has 2 aromatic rings. The zero-order valence-corrected chi connectivity index (χ0v) is 18.4. The molecule has 1 N–H and O–H groups in total. The van der Waals surface area contributed by atoms with Crippen LogP contribution in [0.1, 0.15) is 72.6 Å². The standard InChI is InChI=1S/C25H34N2O/c1-8-9-10-14-20(17(4)16(2)3)27-24-22-19-13-11-12-15-21(19)28-23(22)25(6,7)18(5)26-24/h8-9,11-13,15-16,18H,10,14H2,1-7H3,(H,26,27)/b9-8-,20-17-/t18-/m1/s1. The van der Waals surface area contributed by atoms with Crippen LogP contribution in [-0.4, -0.2) is 11.9 Å². The van der Waals surface area contributed by atoms with E-state index in [9.17, 15) is 0 Å². The first-order valence-corrected chi connectivity index (χ1v) is 10.4. The van der Waals surface area contributed by atoms with Gasteiger partial charge in [0.15, 0.2) is 0 Å². The van der Waals surface area contributed by atoms with Crippen LogP contribution in [0.4, 0.5) is 0 Å². The Bertz CT molecular complexity index is 941. The monoisotopic (exact) mass is 378 g/mol. The molecule has 0 spiro atoms. The van der Waals surface area contributed by atoms with Crippen molar-refractivity contribution in [2.75, 3.05) is 0 Å². The number of furan rings is 1. The van der Waals surface area contributed by atoms with Gasteiger partial charge in [0.1, 0.15) is 17.2 Å². The van der Waals surface area contributed by atoms with Crippen LogP contribution in [0.25, 0.3) is 11.0 Å². The Hall–Kier alpha value is -2.29. The molecule has 0 bridgehead atoms. The van der Waals surface area contributed by atoms with Gasteiger partial charge in [-0.25, -0.2) is 0 Å². The zero-order valence-electron chi connectivity index (χ0n) is 18.4. The van der Waals surface area contributed by atoms with Gasteiger partial charge in [-0.1, -0.05) is 63.6 Å². The molecule has 0 fully saturated rings. The molecule has 1 aliphatic rings. The maximum absolute atomic E-state index is 6.35. The Balaban J connectivity index is 2.10. The van der Waals surface area contributed by atoms with E-state index in [-0.39, 0.29) is 11.5 Å². The number of nitrogens with zero attached hydrogens (tertiary/aromatic N) is 1. The lowest BCUT2D eigenvalue weighted by molar-refractivity contribution is 0.345. The molecule has 0 amide bonds. The van der Waals surface area contributed by atoms with Crippen LogP contribution in [-0.2, 0) is 5.41 Å². The smallest absolute Gasteiger partial charge is 0.137 e. The number of nitrogens with one attached hydrogen (secondary N) is 1. The third-order valence-electron chi connectivity index (χ3n) is 6.19. The number of hydrogen-bond donors (Lipinski definition) is 1. The topological polar surface area (TPSA) is 37.5 Å². The largest absolute Gasteiger partial charge is 0.460 e. The summed E-state index contributed by atoms with van der Waals surface area (Å²) in [5.41, 5.74) is 4.58. The minimum atomic E-state index is -0.137. The van der Waals surface area contributed by atoms with Crippen LogP contribution < -0.4 is 5.32 Å². The summed E-state index contributed by atoms with van der Waals surface area (Å²) in [6, 6.07) is 8.43. The molecule has 3 rings (SSSR count). The van der Waals surface area contributed by atoms with Gasteiger partial charge in [0, 0.05) is 16.5 Å². The van der Waals surface area contributed by atoms with Crippen molar-refractivity contribution in [1.82, 2.24) is 5.32 Å². The molecule has 150 valence electrons. The van der Waals surface area contributed by atoms with E-state index in [2.05, 4.69) is 78.1 Å². The minimum absolute atomic E-state index is 0.137. The Morgan fingerprint density at radius 3 is 2.68 bits per heavy atom. The predicted octanol–water partition coefficient (Wildman–Crippen LogP) is 6.74. The summed E-state index contributed by atoms with van der Waals surface area (Å²) in [5, 5.41) is 4.87. The molecule has 28 heavy (non-hydrogen) atoms. The highest BCUT2D eigenvalue weighted by atomic mass is 16.3. The quantitative estimate of drug-likeness (QED) is 0.585. The zero-order chi connectivity index (χ0) is 20.5. The Labute approximate surface area is 169 Å². The number of aliphatic imine (C=N–C) groups is 1. The van der Waals surface area contributed by atoms with Gasteiger partial charge in [0.25, 0.3) is 0 Å². The molecule has 1 atom stereocenters. The first-order valence-electron chi connectivity index (χ1n) is 10.4. The minimum Gasteiger partial charge on any atom is -0.460 e. The van der Waals surface area contributed by atoms with E-state index in [0.29, 0.717) is 5.92 Å². The number of rotatable bonds is 5. The van der Waals surface area contributed by atoms with Gasteiger partial charge in [-0.2, -0.15) is 0 Å². The van der Waals surface area contributed by atoms with Crippen LogP contribution in [0.3, 0.4) is 0 Å². The maximum atomic E-state index is 6.35. The molecule has 0 unspecified atom stereocenters. The maximum Gasteiger partial charge on any atom is 0.137 e. The molecule has 0 radical (unpaired) electrons. The number of allylic oxidation sites excluding steroid dienone is 4. The fraction of sp³-hybridized carbons (Fsp3) is 0.480. The summed E-state index contributed by atoms with van der Waals surface area (Å²) in [6.45, 7) is 15.4. The lowest BCUT2D eigenvalue weighted by Gasteiger charge is -2.33. The summed E-state index contributed by atoms with van der Waals surface area (Å²) in [5.74, 6) is 2.47. The summed E-state index contributed by atoms with van der Waals surface area (Å²) < 4.78 is 6.35. The van der Waals surface area contributed by atoms with Crippen LogP contribution in [0.2, 0.25) is 0 Å². The van der Waals surface area contributed by atoms with Gasteiger partial charge < -0.3 is 9.73 Å². The highest BCUT2D eigenvalue weighted by Gasteiger charge is 2.40. The van der Waals surface area contributed by atoms with Gasteiger partial charge in [-0.05, 0) is 45.6 Å². The summed E-state index contributed by atoms with van der Waals surface area (Å²) in [4.78, 5) is 5.10. The van der Waals surface area contributed by atoms with Gasteiger partial charge in [-0.15, -0.1) is 0 Å². The molecular formula is C25H34N2O. The van der Waals surface area contributed by atoms with E-state index < -0.39 is 0 Å². The molecule has 2 heterocycles. The van der Waals surface area contributed by atoms with Crippen molar-refractivity contribution < 1.29 is 4.42 Å². The molecule has 1 aliphatic heterocycles. The molecule has 3 heteroatoms. The van der Waals surface area contributed by atoms with E-state index in [0.717, 1.165) is 41.0 Å². The summed E-state index contributed by atoms with van der Waals surface area (Å²) in [6.07, 6.45) is 6.35. The van der Waals surface area contributed by atoms with Gasteiger partial charge in [-0.3, -0.25) is 4.99 Å². The van der Waals surface area contributed by atoms with Crippen LogP contribution in [0.5, 0.6) is 0 Å². The van der Waals surface area contributed by atoms with E-state index in [4.69, 9.17) is 9.41 Å². The second kappa shape index (κ2) is 7.98. The number of amidine groups is 1. The number of hydrogen-bond acceptors (Lipinski definition) is 3. The molecule has 1 aromatic carbocycles. The summed E-state index contributed by atoms with van der Waals surface area (Å²) in [7, 11) is 0. The highest BCUT2D eigenvalue weighted by Crippen LogP contribution is 2.41. The normalized spacial score (nSPS) is 19.7. The molecule has 1 aromatic heterocycles. The summed E-state index contributed by atoms with van der Waals surface area (Å²) >= 11 is 0. The van der Waals surface area contributed by atoms with E-state index in [1.807, 2.05) is 12.1 Å². The average Bonchev–Trinajstić information content (AvgIpc) is 3.05. The first kappa shape index (κ1) is 20.4. The lowest BCUT2D eigenvalue weighted by Crippen LogP contribution is -2.40. The Kier molecular flexibility index (Phi) is 5.83. The average molecular weight is 379 g/mol. The molecule has 0 saturated carbocycles. The first-order chi connectivity index (χ1) is 13.3. The highest BCUT2D eigenvalue weighted by molar-refractivity contribution is 6.11. The fourth-order valence-electron chi connectivity index (χ4n) is 3.68. The number of fused-ring (bicyclic) bond motifs is 3.